The van der Waals surface area contributed by atoms with E-state index in [9.17, 15) is 10.5 Å². The molecule has 0 unspecified atom stereocenters. The van der Waals surface area contributed by atoms with Gasteiger partial charge in [0.1, 0.15) is 17.0 Å². The number of fused-ring (bicyclic) bond motifs is 2. The van der Waals surface area contributed by atoms with E-state index >= 15 is 0 Å². The van der Waals surface area contributed by atoms with Gasteiger partial charge in [0.15, 0.2) is 5.41 Å². The van der Waals surface area contributed by atoms with Crippen molar-refractivity contribution in [2.24, 2.45) is 21.6 Å². The Balaban J connectivity index is 1.87. The summed E-state index contributed by atoms with van der Waals surface area (Å²) in [7, 11) is 1.58. The largest absolute Gasteiger partial charge is 0.497 e. The third-order valence-electron chi connectivity index (χ3n) is 5.06. The predicted molar refractivity (Wildman–Crippen MR) is 78.1 cm³/mol. The maximum atomic E-state index is 9.92. The van der Waals surface area contributed by atoms with Crippen molar-refractivity contribution in [3.8, 4) is 17.9 Å². The lowest BCUT2D eigenvalue weighted by Crippen LogP contribution is -2.38. The molecule has 0 aromatic heterocycles. The molecule has 3 aliphatic rings. The fraction of sp³-hybridized carbons (Fsp3) is 0.438. The lowest BCUT2D eigenvalue weighted by Gasteiger charge is -2.25. The average Bonchev–Trinajstić information content (AvgIpc) is 2.83. The number of ether oxygens (including phenoxy) is 3. The number of hydrogen-bond donors (Lipinski definition) is 1. The molecule has 7 nitrogen and oxygen atoms in total. The van der Waals surface area contributed by atoms with Crippen molar-refractivity contribution >= 4 is 5.84 Å². The molecule has 1 saturated carbocycles. The Hall–Kier alpha value is -2.61. The van der Waals surface area contributed by atoms with Crippen molar-refractivity contribution in [3.05, 3.63) is 29.8 Å². The number of benzene rings is 1. The van der Waals surface area contributed by atoms with Gasteiger partial charge in [-0.15, -0.1) is 0 Å². The van der Waals surface area contributed by atoms with Crippen molar-refractivity contribution in [2.75, 3.05) is 20.3 Å². The second kappa shape index (κ2) is 4.23. The number of aliphatic imine (C=N–C) groups is 1. The van der Waals surface area contributed by atoms with Gasteiger partial charge in [-0.3, -0.25) is 0 Å². The number of nitriles is 2. The minimum Gasteiger partial charge on any atom is -0.497 e. The lowest BCUT2D eigenvalue weighted by atomic mass is 9.94. The highest BCUT2D eigenvalue weighted by Crippen LogP contribution is 2.82. The van der Waals surface area contributed by atoms with Crippen LogP contribution >= 0.6 is 0 Å². The molecule has 1 aliphatic carbocycles. The summed E-state index contributed by atoms with van der Waals surface area (Å²) in [6.45, 7) is 0.633. The first-order valence-electron chi connectivity index (χ1n) is 7.22. The molecule has 3 atom stereocenters. The highest BCUT2D eigenvalue weighted by Gasteiger charge is 2.94. The number of nitrogens with two attached hydrogens (primary N) is 1. The summed E-state index contributed by atoms with van der Waals surface area (Å²) in [6.07, 6.45) is 0. The van der Waals surface area contributed by atoms with E-state index in [1.807, 2.05) is 12.1 Å². The molecule has 7 heteroatoms. The average molecular weight is 310 g/mol. The Morgan fingerprint density at radius 3 is 2.39 bits per heavy atom. The van der Waals surface area contributed by atoms with E-state index in [0.717, 1.165) is 5.56 Å². The Bertz CT molecular complexity index is 785. The van der Waals surface area contributed by atoms with Gasteiger partial charge in [-0.05, 0) is 17.7 Å². The summed E-state index contributed by atoms with van der Waals surface area (Å²) in [6, 6.07) is 11.7. The molecular weight excluding hydrogens is 296 g/mol. The Labute approximate surface area is 132 Å². The fourth-order valence-electron chi connectivity index (χ4n) is 4.01. The molecule has 1 spiro atoms. The van der Waals surface area contributed by atoms with Crippen LogP contribution in [0.4, 0.5) is 0 Å². The monoisotopic (exact) mass is 310 g/mol. The number of methoxy groups -OCH3 is 1. The van der Waals surface area contributed by atoms with E-state index < -0.39 is 22.7 Å². The number of rotatable bonds is 2. The maximum absolute atomic E-state index is 9.92. The van der Waals surface area contributed by atoms with Crippen LogP contribution in [0.5, 0.6) is 5.75 Å². The minimum atomic E-state index is -1.48. The molecule has 0 bridgehead atoms. The molecule has 1 aromatic carbocycles. The fourth-order valence-corrected chi connectivity index (χ4v) is 4.01. The van der Waals surface area contributed by atoms with Crippen molar-refractivity contribution in [2.45, 2.75) is 11.8 Å². The third-order valence-corrected chi connectivity index (χ3v) is 5.06. The molecule has 2 N–H and O–H groups in total. The van der Waals surface area contributed by atoms with Gasteiger partial charge in [0, 0.05) is 5.92 Å². The number of hydrogen-bond acceptors (Lipinski definition) is 7. The van der Waals surface area contributed by atoms with Crippen LogP contribution in [0.2, 0.25) is 0 Å². The Kier molecular flexibility index (Phi) is 2.57. The first-order chi connectivity index (χ1) is 11.1. The molecule has 1 saturated heterocycles. The summed E-state index contributed by atoms with van der Waals surface area (Å²) in [5, 5.41) is 19.7. The van der Waals surface area contributed by atoms with Crippen molar-refractivity contribution < 1.29 is 14.2 Å². The topological polar surface area (TPSA) is 114 Å². The van der Waals surface area contributed by atoms with Crippen molar-refractivity contribution in [3.63, 3.8) is 0 Å². The molecule has 2 heterocycles. The summed E-state index contributed by atoms with van der Waals surface area (Å²) >= 11 is 0. The van der Waals surface area contributed by atoms with E-state index in [0.29, 0.717) is 19.0 Å². The first kappa shape index (κ1) is 14.0. The number of nitrogens with zero attached hydrogens (tertiary/aromatic N) is 3. The molecule has 4 rings (SSSR count). The quantitative estimate of drug-likeness (QED) is 0.867. The van der Waals surface area contributed by atoms with E-state index in [-0.39, 0.29) is 5.84 Å². The highest BCUT2D eigenvalue weighted by molar-refractivity contribution is 6.00. The first-order valence-corrected chi connectivity index (χ1v) is 7.22. The highest BCUT2D eigenvalue weighted by atomic mass is 16.8. The van der Waals surface area contributed by atoms with E-state index in [1.165, 1.54) is 0 Å². The van der Waals surface area contributed by atoms with Gasteiger partial charge in [-0.2, -0.15) is 10.5 Å². The lowest BCUT2D eigenvalue weighted by molar-refractivity contribution is -0.184. The van der Waals surface area contributed by atoms with Crippen LogP contribution in [-0.2, 0) is 9.47 Å². The molecule has 0 amide bonds. The van der Waals surface area contributed by atoms with Crippen LogP contribution in [0.25, 0.3) is 0 Å². The van der Waals surface area contributed by atoms with Crippen LogP contribution in [0.3, 0.4) is 0 Å². The van der Waals surface area contributed by atoms with Crippen LogP contribution in [0, 0.1) is 33.5 Å². The predicted octanol–water partition coefficient (Wildman–Crippen LogP) is 0.884. The standard InChI is InChI=1S/C16H14N4O3/c1-21-11-4-2-10(3-5-11)12-14(8-17)13(19)20-16(15(12,14)9-18)22-6-7-23-16/h2-5,12H,6-7H2,1H3,(H2,19,20)/t12-,14+,15+/m1/s1. The van der Waals surface area contributed by atoms with Crippen LogP contribution in [0.15, 0.2) is 29.3 Å². The van der Waals surface area contributed by atoms with Crippen LogP contribution < -0.4 is 10.5 Å². The molecule has 116 valence electrons. The van der Waals surface area contributed by atoms with Gasteiger partial charge in [-0.1, -0.05) is 12.1 Å². The normalized spacial score (nSPS) is 36.0. The Morgan fingerprint density at radius 1 is 1.22 bits per heavy atom. The molecule has 0 radical (unpaired) electrons. The van der Waals surface area contributed by atoms with Gasteiger partial charge in [0.25, 0.3) is 5.91 Å². The smallest absolute Gasteiger partial charge is 0.293 e. The third kappa shape index (κ3) is 1.29. The van der Waals surface area contributed by atoms with Gasteiger partial charge >= 0.3 is 0 Å². The minimum absolute atomic E-state index is 0.101. The zero-order valence-electron chi connectivity index (χ0n) is 12.4. The van der Waals surface area contributed by atoms with Crippen LogP contribution in [0.1, 0.15) is 11.5 Å². The Morgan fingerprint density at radius 2 is 1.87 bits per heavy atom. The zero-order chi connectivity index (χ0) is 16.3. The van der Waals surface area contributed by atoms with Gasteiger partial charge < -0.3 is 19.9 Å². The van der Waals surface area contributed by atoms with Gasteiger partial charge in [0.05, 0.1) is 32.5 Å². The SMILES string of the molecule is COc1ccc([C@@H]2[C@@]3(C#N)C(N)=NC4(OCCO4)[C@@]23C#N)cc1. The molecule has 2 fully saturated rings. The molecule has 1 aromatic rings. The molecule has 2 aliphatic heterocycles. The molecular formula is C16H14N4O3. The zero-order valence-corrected chi connectivity index (χ0v) is 12.4. The van der Waals surface area contributed by atoms with E-state index in [2.05, 4.69) is 17.1 Å². The second-order valence-electron chi connectivity index (χ2n) is 5.82. The summed E-state index contributed by atoms with van der Waals surface area (Å²) in [4.78, 5) is 4.23. The molecule has 23 heavy (non-hydrogen) atoms. The summed E-state index contributed by atoms with van der Waals surface area (Å²) in [5.74, 6) is -1.14. The van der Waals surface area contributed by atoms with Gasteiger partial charge in [-0.25, -0.2) is 4.99 Å². The summed E-state index contributed by atoms with van der Waals surface area (Å²) in [5.41, 5.74) is 4.39. The van der Waals surface area contributed by atoms with Crippen molar-refractivity contribution in [1.82, 2.24) is 0 Å². The maximum Gasteiger partial charge on any atom is 0.293 e. The van der Waals surface area contributed by atoms with Gasteiger partial charge in [0.2, 0.25) is 0 Å². The number of amidine groups is 1. The second-order valence-corrected chi connectivity index (χ2v) is 5.82. The van der Waals surface area contributed by atoms with E-state index in [4.69, 9.17) is 19.9 Å². The van der Waals surface area contributed by atoms with Crippen molar-refractivity contribution in [1.29, 1.82) is 10.5 Å². The van der Waals surface area contributed by atoms with E-state index in [1.54, 1.807) is 19.2 Å². The summed E-state index contributed by atoms with van der Waals surface area (Å²) < 4.78 is 16.5. The van der Waals surface area contributed by atoms with Crippen LogP contribution in [-0.4, -0.2) is 32.1 Å².